The summed E-state index contributed by atoms with van der Waals surface area (Å²) in [6.45, 7) is 0.797. The van der Waals surface area contributed by atoms with Crippen molar-refractivity contribution in [1.82, 2.24) is 5.32 Å². The number of piperidine rings is 1. The molecule has 1 aliphatic heterocycles. The Morgan fingerprint density at radius 3 is 2.80 bits per heavy atom. The molecule has 0 bridgehead atoms. The first-order valence-corrected chi connectivity index (χ1v) is 3.34. The van der Waals surface area contributed by atoms with Gasteiger partial charge in [0.1, 0.15) is 6.17 Å². The average molecular weight is 145 g/mol. The van der Waals surface area contributed by atoms with Crippen molar-refractivity contribution in [2.75, 3.05) is 6.54 Å². The first-order valence-electron chi connectivity index (χ1n) is 3.34. The zero-order valence-electron chi connectivity index (χ0n) is 5.62. The molecule has 0 spiro atoms. The molecule has 10 heavy (non-hydrogen) atoms. The highest BCUT2D eigenvalue weighted by Gasteiger charge is 2.30. The van der Waals surface area contributed by atoms with Crippen LogP contribution >= 0.6 is 0 Å². The Bertz CT molecular complexity index is 139. The lowest BCUT2D eigenvalue weighted by Crippen LogP contribution is -2.53. The minimum absolute atomic E-state index is 0.309. The van der Waals surface area contributed by atoms with Crippen LogP contribution in [-0.4, -0.2) is 23.7 Å². The second-order valence-corrected chi connectivity index (χ2v) is 2.47. The Morgan fingerprint density at radius 1 is 1.70 bits per heavy atom. The van der Waals surface area contributed by atoms with E-state index in [4.69, 9.17) is 5.73 Å². The van der Waals surface area contributed by atoms with Crippen molar-refractivity contribution in [1.29, 1.82) is 0 Å². The summed E-state index contributed by atoms with van der Waals surface area (Å²) in [5.74, 6) is 0. The molecule has 2 unspecified atom stereocenters. The van der Waals surface area contributed by atoms with Gasteiger partial charge in [0.15, 0.2) is 0 Å². The van der Waals surface area contributed by atoms with Crippen LogP contribution in [0, 0.1) is 10.1 Å². The predicted octanol–water partition coefficient (Wildman–Crippen LogP) is -0.700. The summed E-state index contributed by atoms with van der Waals surface area (Å²) in [6.07, 6.45) is 0.990. The number of hydrogen-bond donors (Lipinski definition) is 2. The monoisotopic (exact) mass is 145 g/mol. The molecule has 1 fully saturated rings. The van der Waals surface area contributed by atoms with Gasteiger partial charge in [-0.15, -0.1) is 0 Å². The van der Waals surface area contributed by atoms with E-state index in [1.807, 2.05) is 0 Å². The fourth-order valence-electron chi connectivity index (χ4n) is 1.13. The Labute approximate surface area is 58.7 Å². The zero-order chi connectivity index (χ0) is 7.56. The summed E-state index contributed by atoms with van der Waals surface area (Å²) in [4.78, 5) is 9.94. The molecule has 0 amide bonds. The van der Waals surface area contributed by atoms with Gasteiger partial charge in [-0.3, -0.25) is 15.4 Å². The first-order chi connectivity index (χ1) is 4.72. The van der Waals surface area contributed by atoms with Crippen molar-refractivity contribution in [3.05, 3.63) is 10.1 Å². The molecule has 1 heterocycles. The molecule has 2 atom stereocenters. The van der Waals surface area contributed by atoms with Crippen molar-refractivity contribution in [2.24, 2.45) is 5.73 Å². The van der Waals surface area contributed by atoms with Gasteiger partial charge in [-0.05, 0) is 13.0 Å². The van der Waals surface area contributed by atoms with E-state index in [1.165, 1.54) is 0 Å². The van der Waals surface area contributed by atoms with Crippen LogP contribution in [0.2, 0.25) is 0 Å². The molecule has 1 rings (SSSR count). The smallest absolute Gasteiger partial charge is 0.240 e. The standard InChI is InChI=1S/C5H11N3O2/c6-5-4(8(9)10)2-1-3-7-5/h4-5,7H,1-3,6H2. The fraction of sp³-hybridized carbons (Fsp3) is 1.00. The van der Waals surface area contributed by atoms with E-state index in [1.54, 1.807) is 0 Å². The van der Waals surface area contributed by atoms with Crippen molar-refractivity contribution in [3.63, 3.8) is 0 Å². The SMILES string of the molecule is NC1NCCCC1[N+](=O)[O-]. The van der Waals surface area contributed by atoms with E-state index >= 15 is 0 Å². The first kappa shape index (κ1) is 7.43. The molecule has 0 aliphatic carbocycles. The van der Waals surface area contributed by atoms with E-state index in [0.29, 0.717) is 6.42 Å². The van der Waals surface area contributed by atoms with Crippen molar-refractivity contribution in [3.8, 4) is 0 Å². The van der Waals surface area contributed by atoms with E-state index < -0.39 is 12.2 Å². The van der Waals surface area contributed by atoms with Gasteiger partial charge in [-0.25, -0.2) is 0 Å². The summed E-state index contributed by atoms with van der Waals surface area (Å²) >= 11 is 0. The van der Waals surface area contributed by atoms with E-state index in [-0.39, 0.29) is 4.92 Å². The van der Waals surface area contributed by atoms with Gasteiger partial charge < -0.3 is 5.73 Å². The van der Waals surface area contributed by atoms with Gasteiger partial charge >= 0.3 is 0 Å². The molecule has 5 heteroatoms. The van der Waals surface area contributed by atoms with Crippen LogP contribution in [0.4, 0.5) is 0 Å². The van der Waals surface area contributed by atoms with Crippen molar-refractivity contribution < 1.29 is 4.92 Å². The summed E-state index contributed by atoms with van der Waals surface area (Å²) in [7, 11) is 0. The molecule has 0 saturated carbocycles. The van der Waals surface area contributed by atoms with Crippen molar-refractivity contribution >= 4 is 0 Å². The summed E-state index contributed by atoms with van der Waals surface area (Å²) in [6, 6.07) is -0.589. The van der Waals surface area contributed by atoms with Crippen LogP contribution in [0.1, 0.15) is 12.8 Å². The van der Waals surface area contributed by atoms with Gasteiger partial charge in [0, 0.05) is 11.3 Å². The lowest BCUT2D eigenvalue weighted by atomic mass is 10.1. The third kappa shape index (κ3) is 1.43. The van der Waals surface area contributed by atoms with E-state index in [9.17, 15) is 10.1 Å². The van der Waals surface area contributed by atoms with Gasteiger partial charge in [0.2, 0.25) is 6.04 Å². The highest BCUT2D eigenvalue weighted by molar-refractivity contribution is 4.75. The van der Waals surface area contributed by atoms with Gasteiger partial charge in [0.05, 0.1) is 0 Å². The highest BCUT2D eigenvalue weighted by Crippen LogP contribution is 2.07. The number of nitro groups is 1. The number of nitrogens with zero attached hydrogens (tertiary/aromatic N) is 1. The van der Waals surface area contributed by atoms with Crippen LogP contribution in [-0.2, 0) is 0 Å². The largest absolute Gasteiger partial charge is 0.310 e. The van der Waals surface area contributed by atoms with Crippen LogP contribution in [0.3, 0.4) is 0 Å². The lowest BCUT2D eigenvalue weighted by Gasteiger charge is -2.22. The fourth-order valence-corrected chi connectivity index (χ4v) is 1.13. The second kappa shape index (κ2) is 2.94. The number of nitrogens with two attached hydrogens (primary N) is 1. The molecule has 0 aromatic heterocycles. The van der Waals surface area contributed by atoms with Gasteiger partial charge in [-0.1, -0.05) is 0 Å². The van der Waals surface area contributed by atoms with Crippen LogP contribution in [0.25, 0.3) is 0 Å². The Morgan fingerprint density at radius 2 is 2.40 bits per heavy atom. The molecule has 1 aliphatic rings. The third-order valence-electron chi connectivity index (χ3n) is 1.74. The molecule has 1 saturated heterocycles. The van der Waals surface area contributed by atoms with E-state index in [2.05, 4.69) is 5.32 Å². The second-order valence-electron chi connectivity index (χ2n) is 2.47. The molecular formula is C5H11N3O2. The molecule has 3 N–H and O–H groups in total. The predicted molar refractivity (Wildman–Crippen MR) is 36.0 cm³/mol. The number of nitrogens with one attached hydrogen (secondary N) is 1. The summed E-state index contributed by atoms with van der Waals surface area (Å²) < 4.78 is 0. The Kier molecular flexibility index (Phi) is 2.18. The minimum atomic E-state index is -0.589. The lowest BCUT2D eigenvalue weighted by molar-refractivity contribution is -0.529. The normalized spacial score (nSPS) is 33.7. The molecule has 5 nitrogen and oxygen atoms in total. The van der Waals surface area contributed by atoms with Crippen LogP contribution in [0.5, 0.6) is 0 Å². The van der Waals surface area contributed by atoms with E-state index in [0.717, 1.165) is 13.0 Å². The zero-order valence-corrected chi connectivity index (χ0v) is 5.62. The van der Waals surface area contributed by atoms with Gasteiger partial charge in [-0.2, -0.15) is 0 Å². The molecule has 0 aromatic carbocycles. The Balaban J connectivity index is 2.47. The van der Waals surface area contributed by atoms with Crippen LogP contribution < -0.4 is 11.1 Å². The molecule has 0 radical (unpaired) electrons. The number of hydrogen-bond acceptors (Lipinski definition) is 4. The quantitative estimate of drug-likeness (QED) is 0.377. The summed E-state index contributed by atoms with van der Waals surface area (Å²) in [5.41, 5.74) is 5.43. The molecule has 58 valence electrons. The maximum Gasteiger partial charge on any atom is 0.240 e. The molecular weight excluding hydrogens is 134 g/mol. The van der Waals surface area contributed by atoms with Crippen molar-refractivity contribution in [2.45, 2.75) is 25.0 Å². The highest BCUT2D eigenvalue weighted by atomic mass is 16.6. The minimum Gasteiger partial charge on any atom is -0.310 e. The average Bonchev–Trinajstić information content (AvgIpc) is 1.88. The molecule has 0 aromatic rings. The van der Waals surface area contributed by atoms with Crippen LogP contribution in [0.15, 0.2) is 0 Å². The Hall–Kier alpha value is -0.680. The van der Waals surface area contributed by atoms with Gasteiger partial charge in [0.25, 0.3) is 0 Å². The maximum absolute atomic E-state index is 10.3. The summed E-state index contributed by atoms with van der Waals surface area (Å²) in [5, 5.41) is 13.1. The maximum atomic E-state index is 10.3. The third-order valence-corrected chi connectivity index (χ3v) is 1.74. The topological polar surface area (TPSA) is 81.2 Å². The number of rotatable bonds is 1.